The SMILES string of the molecule is CCCCCCCCC[C@H]1C[C@H]2C(=O)N(c3ccccc3)C(=O)[C@H]2c2[nH]c3ccccc3c21. The molecule has 0 spiro atoms. The number of unbranched alkanes of at least 4 members (excludes halogenated alkanes) is 6. The van der Waals surface area contributed by atoms with E-state index in [1.54, 1.807) is 0 Å². The number of nitrogens with one attached hydrogen (secondary N) is 1. The molecule has 0 bridgehead atoms. The first-order valence-corrected chi connectivity index (χ1v) is 12.7. The second-order valence-corrected chi connectivity index (χ2v) is 9.77. The molecule has 2 aromatic carbocycles. The van der Waals surface area contributed by atoms with Crippen molar-refractivity contribution in [3.63, 3.8) is 0 Å². The van der Waals surface area contributed by atoms with Crippen molar-refractivity contribution in [2.24, 2.45) is 5.92 Å². The maximum Gasteiger partial charge on any atom is 0.243 e. The van der Waals surface area contributed by atoms with E-state index in [0.29, 0.717) is 11.6 Å². The molecule has 5 rings (SSSR count). The Balaban J connectivity index is 1.42. The highest BCUT2D eigenvalue weighted by molar-refractivity contribution is 6.24. The molecule has 33 heavy (non-hydrogen) atoms. The predicted molar refractivity (Wildman–Crippen MR) is 133 cm³/mol. The van der Waals surface area contributed by atoms with Crippen LogP contribution in [-0.2, 0) is 9.59 Å². The van der Waals surface area contributed by atoms with Crippen molar-refractivity contribution in [2.45, 2.75) is 76.5 Å². The zero-order chi connectivity index (χ0) is 22.8. The molecule has 0 saturated carbocycles. The Morgan fingerprint density at radius 1 is 0.848 bits per heavy atom. The van der Waals surface area contributed by atoms with Gasteiger partial charge in [0.15, 0.2) is 0 Å². The fraction of sp³-hybridized carbons (Fsp3) is 0.448. The van der Waals surface area contributed by atoms with Crippen LogP contribution in [0.3, 0.4) is 0 Å². The van der Waals surface area contributed by atoms with Crippen LogP contribution in [0.5, 0.6) is 0 Å². The number of hydrogen-bond acceptors (Lipinski definition) is 2. The Bertz CT molecular complexity index is 1130. The van der Waals surface area contributed by atoms with Crippen LogP contribution < -0.4 is 4.90 Å². The average molecular weight is 443 g/mol. The van der Waals surface area contributed by atoms with E-state index in [9.17, 15) is 9.59 Å². The van der Waals surface area contributed by atoms with Crippen molar-refractivity contribution in [3.05, 3.63) is 65.9 Å². The molecule has 1 N–H and O–H groups in total. The maximum absolute atomic E-state index is 13.6. The van der Waals surface area contributed by atoms with Crippen LogP contribution in [0.2, 0.25) is 0 Å². The molecule has 0 radical (unpaired) electrons. The molecular weight excluding hydrogens is 408 g/mol. The van der Waals surface area contributed by atoms with Crippen molar-refractivity contribution in [1.29, 1.82) is 0 Å². The molecule has 0 unspecified atom stereocenters. The minimum absolute atomic E-state index is 0.0370. The number of nitrogens with zero attached hydrogens (tertiary/aromatic N) is 1. The number of benzene rings is 2. The number of hydrogen-bond donors (Lipinski definition) is 1. The van der Waals surface area contributed by atoms with E-state index in [4.69, 9.17) is 0 Å². The van der Waals surface area contributed by atoms with Crippen molar-refractivity contribution >= 4 is 28.4 Å². The zero-order valence-electron chi connectivity index (χ0n) is 19.6. The van der Waals surface area contributed by atoms with Gasteiger partial charge in [-0.1, -0.05) is 88.3 Å². The first-order chi connectivity index (χ1) is 16.2. The number of aromatic amines is 1. The van der Waals surface area contributed by atoms with E-state index in [1.165, 1.54) is 60.8 Å². The molecule has 4 heteroatoms. The molecule has 2 aliphatic rings. The number of amides is 2. The molecule has 3 aromatic rings. The van der Waals surface area contributed by atoms with Crippen molar-refractivity contribution < 1.29 is 9.59 Å². The Morgan fingerprint density at radius 3 is 2.33 bits per heavy atom. The van der Waals surface area contributed by atoms with Gasteiger partial charge >= 0.3 is 0 Å². The summed E-state index contributed by atoms with van der Waals surface area (Å²) >= 11 is 0. The van der Waals surface area contributed by atoms with E-state index in [-0.39, 0.29) is 17.7 Å². The van der Waals surface area contributed by atoms with Crippen LogP contribution >= 0.6 is 0 Å². The minimum atomic E-state index is -0.398. The van der Waals surface area contributed by atoms with Gasteiger partial charge in [0.25, 0.3) is 0 Å². The van der Waals surface area contributed by atoms with Gasteiger partial charge in [-0.15, -0.1) is 0 Å². The quantitative estimate of drug-likeness (QED) is 0.285. The lowest BCUT2D eigenvalue weighted by molar-refractivity contribution is -0.122. The largest absolute Gasteiger partial charge is 0.357 e. The molecule has 1 fully saturated rings. The summed E-state index contributed by atoms with van der Waals surface area (Å²) in [4.78, 5) is 32.1. The van der Waals surface area contributed by atoms with E-state index in [2.05, 4.69) is 30.1 Å². The molecule has 4 nitrogen and oxygen atoms in total. The van der Waals surface area contributed by atoms with Crippen molar-refractivity contribution in [1.82, 2.24) is 4.98 Å². The summed E-state index contributed by atoms with van der Waals surface area (Å²) in [5, 5.41) is 1.22. The monoisotopic (exact) mass is 442 g/mol. The van der Waals surface area contributed by atoms with Crippen LogP contribution in [0.4, 0.5) is 5.69 Å². The summed E-state index contributed by atoms with van der Waals surface area (Å²) < 4.78 is 0. The summed E-state index contributed by atoms with van der Waals surface area (Å²) in [6.45, 7) is 2.25. The molecule has 2 heterocycles. The molecule has 2 amide bonds. The second kappa shape index (κ2) is 9.54. The number of carbonyl (C=O) groups excluding carboxylic acids is 2. The molecule has 1 aliphatic carbocycles. The molecule has 1 saturated heterocycles. The Kier molecular flexibility index (Phi) is 6.34. The Hall–Kier alpha value is -2.88. The third kappa shape index (κ3) is 4.01. The van der Waals surface area contributed by atoms with E-state index >= 15 is 0 Å². The average Bonchev–Trinajstić information content (AvgIpc) is 3.34. The summed E-state index contributed by atoms with van der Waals surface area (Å²) in [6.07, 6.45) is 10.8. The standard InChI is InChI=1S/C29H34N2O2/c1-2-3-4-5-6-7-9-14-20-19-23-26(27-25(20)22-17-12-13-18-24(22)30-27)29(33)31(28(23)32)21-15-10-8-11-16-21/h8,10-13,15-18,20,23,26,30H,2-7,9,14,19H2,1H3/t20-,23+,26+/m0/s1. The highest BCUT2D eigenvalue weighted by atomic mass is 16.2. The van der Waals surface area contributed by atoms with Crippen LogP contribution in [0.25, 0.3) is 10.9 Å². The predicted octanol–water partition coefficient (Wildman–Crippen LogP) is 7.07. The summed E-state index contributed by atoms with van der Waals surface area (Å²) in [5.41, 5.74) is 4.03. The number of H-pyrrole nitrogens is 1. The number of aromatic nitrogens is 1. The van der Waals surface area contributed by atoms with Crippen LogP contribution in [-0.4, -0.2) is 16.8 Å². The number of rotatable bonds is 9. The summed E-state index contributed by atoms with van der Waals surface area (Å²) in [5.74, 6) is -0.470. The third-order valence-corrected chi connectivity index (χ3v) is 7.63. The van der Waals surface area contributed by atoms with Gasteiger partial charge in [-0.25, -0.2) is 4.90 Å². The lowest BCUT2D eigenvalue weighted by Gasteiger charge is -2.29. The fourth-order valence-electron chi connectivity index (χ4n) is 6.03. The number of para-hydroxylation sites is 2. The summed E-state index contributed by atoms with van der Waals surface area (Å²) in [7, 11) is 0. The highest BCUT2D eigenvalue weighted by Gasteiger charge is 2.53. The van der Waals surface area contributed by atoms with E-state index in [1.807, 2.05) is 36.4 Å². The van der Waals surface area contributed by atoms with Gasteiger partial charge in [-0.05, 0) is 42.5 Å². The minimum Gasteiger partial charge on any atom is -0.357 e. The fourth-order valence-corrected chi connectivity index (χ4v) is 6.03. The molecular formula is C29H34N2O2. The van der Waals surface area contributed by atoms with Crippen molar-refractivity contribution in [2.75, 3.05) is 4.90 Å². The van der Waals surface area contributed by atoms with Crippen molar-refractivity contribution in [3.8, 4) is 0 Å². The van der Waals surface area contributed by atoms with E-state index < -0.39 is 5.92 Å². The van der Waals surface area contributed by atoms with Gasteiger partial charge in [0, 0.05) is 16.6 Å². The van der Waals surface area contributed by atoms with Crippen LogP contribution in [0.1, 0.15) is 87.8 Å². The lowest BCUT2D eigenvalue weighted by atomic mass is 9.72. The first kappa shape index (κ1) is 21.9. The van der Waals surface area contributed by atoms with Crippen LogP contribution in [0.15, 0.2) is 54.6 Å². The highest BCUT2D eigenvalue weighted by Crippen LogP contribution is 2.51. The number of fused-ring (bicyclic) bond motifs is 5. The Morgan fingerprint density at radius 2 is 1.55 bits per heavy atom. The van der Waals surface area contributed by atoms with Gasteiger partial charge in [0.2, 0.25) is 11.8 Å². The topological polar surface area (TPSA) is 53.2 Å². The smallest absolute Gasteiger partial charge is 0.243 e. The Labute approximate surface area is 196 Å². The van der Waals surface area contributed by atoms with Gasteiger partial charge < -0.3 is 4.98 Å². The first-order valence-electron chi connectivity index (χ1n) is 12.7. The lowest BCUT2D eigenvalue weighted by Crippen LogP contribution is -2.30. The van der Waals surface area contributed by atoms with E-state index in [0.717, 1.165) is 24.1 Å². The van der Waals surface area contributed by atoms with Gasteiger partial charge in [-0.3, -0.25) is 9.59 Å². The summed E-state index contributed by atoms with van der Waals surface area (Å²) in [6, 6.07) is 17.8. The zero-order valence-corrected chi connectivity index (χ0v) is 19.6. The van der Waals surface area contributed by atoms with Gasteiger partial charge in [0.1, 0.15) is 0 Å². The number of carbonyl (C=O) groups is 2. The third-order valence-electron chi connectivity index (χ3n) is 7.63. The van der Waals surface area contributed by atoms with Gasteiger partial charge in [-0.2, -0.15) is 0 Å². The molecule has 1 aromatic heterocycles. The molecule has 3 atom stereocenters. The second-order valence-electron chi connectivity index (χ2n) is 9.77. The number of anilines is 1. The molecule has 172 valence electrons. The van der Waals surface area contributed by atoms with Crippen LogP contribution in [0, 0.1) is 5.92 Å². The number of imide groups is 1. The molecule has 1 aliphatic heterocycles. The van der Waals surface area contributed by atoms with Gasteiger partial charge in [0.05, 0.1) is 17.5 Å². The maximum atomic E-state index is 13.6. The normalized spacial score (nSPS) is 22.1.